The standard InChI is InChI=1S/C35H37N7O6S/c1-35(2,3)24-13-15-26(16-14-24)49(44,45)42-31-30(48-28-12-6-5-11-27(28)46-4)34(41-33(40-31)32-38-20-9-21-39-32)47-23-18-29(43)37-22-17-25-10-7-8-19-36-25/h5-16,19-21H,17-18,22-23H2,1-4H3,(H,37,43)(H,40,41,42). The molecule has 2 N–H and O–H groups in total. The fraction of sp³-hybridized carbons (Fsp3) is 0.257. The molecule has 13 nitrogen and oxygen atoms in total. The van der Waals surface area contributed by atoms with Crippen LogP contribution >= 0.6 is 0 Å². The second-order valence-electron chi connectivity index (χ2n) is 11.8. The predicted molar refractivity (Wildman–Crippen MR) is 183 cm³/mol. The van der Waals surface area contributed by atoms with Gasteiger partial charge in [-0.15, -0.1) is 0 Å². The number of carbonyl (C=O) groups excluding carboxylic acids is 1. The van der Waals surface area contributed by atoms with Crippen molar-refractivity contribution in [3.8, 4) is 34.8 Å². The number of benzene rings is 2. The number of ether oxygens (including phenoxy) is 3. The van der Waals surface area contributed by atoms with Gasteiger partial charge in [0.25, 0.3) is 15.9 Å². The zero-order valence-corrected chi connectivity index (χ0v) is 28.4. The zero-order valence-electron chi connectivity index (χ0n) is 27.6. The summed E-state index contributed by atoms with van der Waals surface area (Å²) in [4.78, 5) is 34.4. The van der Waals surface area contributed by atoms with E-state index in [1.807, 2.05) is 39.0 Å². The average Bonchev–Trinajstić information content (AvgIpc) is 3.10. The third kappa shape index (κ3) is 9.26. The van der Waals surface area contributed by atoms with Crippen LogP contribution in [0.2, 0.25) is 0 Å². The van der Waals surface area contributed by atoms with Gasteiger partial charge in [0.1, 0.15) is 0 Å². The fourth-order valence-electron chi connectivity index (χ4n) is 4.54. The smallest absolute Gasteiger partial charge is 0.263 e. The van der Waals surface area contributed by atoms with E-state index in [9.17, 15) is 13.2 Å². The normalized spacial score (nSPS) is 11.4. The first-order chi connectivity index (χ1) is 23.5. The maximum Gasteiger partial charge on any atom is 0.263 e. The van der Waals surface area contributed by atoms with E-state index in [2.05, 4.69) is 35.0 Å². The number of carbonyl (C=O) groups is 1. The average molecular weight is 684 g/mol. The van der Waals surface area contributed by atoms with Crippen LogP contribution < -0.4 is 24.2 Å². The first-order valence-corrected chi connectivity index (χ1v) is 16.9. The number of hydrogen-bond acceptors (Lipinski definition) is 11. The molecule has 0 unspecified atom stereocenters. The number of rotatable bonds is 14. The molecule has 14 heteroatoms. The number of sulfonamides is 1. The molecule has 0 aliphatic rings. The first-order valence-electron chi connectivity index (χ1n) is 15.5. The van der Waals surface area contributed by atoms with Gasteiger partial charge >= 0.3 is 0 Å². The van der Waals surface area contributed by atoms with Gasteiger partial charge in [0, 0.05) is 37.3 Å². The Bertz CT molecular complexity index is 1970. The lowest BCUT2D eigenvalue weighted by Crippen LogP contribution is -2.27. The Balaban J connectivity index is 1.48. The topological polar surface area (TPSA) is 167 Å². The molecule has 5 aromatic rings. The monoisotopic (exact) mass is 683 g/mol. The molecule has 0 fully saturated rings. The second kappa shape index (κ2) is 15.5. The molecular weight excluding hydrogens is 646 g/mol. The highest BCUT2D eigenvalue weighted by Crippen LogP contribution is 2.41. The molecule has 3 heterocycles. The minimum absolute atomic E-state index is 0.00436. The van der Waals surface area contributed by atoms with Crippen molar-refractivity contribution in [3.05, 3.63) is 103 Å². The van der Waals surface area contributed by atoms with Crippen molar-refractivity contribution in [2.24, 2.45) is 0 Å². The van der Waals surface area contributed by atoms with Crippen molar-refractivity contribution in [1.29, 1.82) is 0 Å². The van der Waals surface area contributed by atoms with Gasteiger partial charge in [-0.25, -0.2) is 23.4 Å². The highest BCUT2D eigenvalue weighted by atomic mass is 32.2. The van der Waals surface area contributed by atoms with Crippen molar-refractivity contribution in [2.75, 3.05) is 25.0 Å². The van der Waals surface area contributed by atoms with Crippen molar-refractivity contribution < 1.29 is 27.4 Å². The van der Waals surface area contributed by atoms with Crippen LogP contribution in [0.25, 0.3) is 11.6 Å². The van der Waals surface area contributed by atoms with Crippen LogP contribution in [0, 0.1) is 0 Å². The Kier molecular flexibility index (Phi) is 11.0. The number of anilines is 1. The minimum atomic E-state index is -4.21. The fourth-order valence-corrected chi connectivity index (χ4v) is 5.55. The van der Waals surface area contributed by atoms with Gasteiger partial charge in [-0.1, -0.05) is 51.1 Å². The SMILES string of the molecule is COc1ccccc1Oc1c(NS(=O)(=O)c2ccc(C(C)(C)C)cc2)nc(-c2ncccn2)nc1OCCC(=O)NCCc1ccccn1. The van der Waals surface area contributed by atoms with Crippen LogP contribution in [-0.2, 0) is 26.7 Å². The quantitative estimate of drug-likeness (QED) is 0.155. The number of nitrogens with one attached hydrogen (secondary N) is 2. The molecule has 0 radical (unpaired) electrons. The Morgan fingerprint density at radius 3 is 2.18 bits per heavy atom. The van der Waals surface area contributed by atoms with E-state index in [1.54, 1.807) is 48.7 Å². The summed E-state index contributed by atoms with van der Waals surface area (Å²) < 4.78 is 47.8. The predicted octanol–water partition coefficient (Wildman–Crippen LogP) is 5.36. The van der Waals surface area contributed by atoms with Gasteiger partial charge < -0.3 is 19.5 Å². The van der Waals surface area contributed by atoms with Gasteiger partial charge in [0.2, 0.25) is 17.5 Å². The number of aromatic nitrogens is 5. The van der Waals surface area contributed by atoms with E-state index in [-0.39, 0.29) is 64.1 Å². The van der Waals surface area contributed by atoms with Gasteiger partial charge in [0.05, 0.1) is 25.0 Å². The van der Waals surface area contributed by atoms with Crippen LogP contribution in [0.3, 0.4) is 0 Å². The number of amides is 1. The molecule has 254 valence electrons. The van der Waals surface area contributed by atoms with Gasteiger partial charge in [-0.2, -0.15) is 4.98 Å². The van der Waals surface area contributed by atoms with Crippen LogP contribution in [0.1, 0.15) is 38.4 Å². The summed E-state index contributed by atoms with van der Waals surface area (Å²) in [6, 6.07) is 20.6. The number of para-hydroxylation sites is 2. The molecule has 0 bridgehead atoms. The lowest BCUT2D eigenvalue weighted by Gasteiger charge is -2.20. The van der Waals surface area contributed by atoms with Crippen LogP contribution in [0.4, 0.5) is 5.82 Å². The van der Waals surface area contributed by atoms with Gasteiger partial charge in [0.15, 0.2) is 23.1 Å². The maximum atomic E-state index is 13.8. The van der Waals surface area contributed by atoms with Crippen molar-refractivity contribution in [3.63, 3.8) is 0 Å². The van der Waals surface area contributed by atoms with E-state index in [0.717, 1.165) is 11.3 Å². The zero-order chi connectivity index (χ0) is 34.9. The van der Waals surface area contributed by atoms with E-state index in [4.69, 9.17) is 14.2 Å². The Morgan fingerprint density at radius 2 is 1.51 bits per heavy atom. The first kappa shape index (κ1) is 34.7. The Hall–Kier alpha value is -5.63. The molecule has 2 aromatic carbocycles. The molecule has 1 amide bonds. The number of pyridine rings is 1. The third-order valence-electron chi connectivity index (χ3n) is 7.14. The summed E-state index contributed by atoms with van der Waals surface area (Å²) in [6.45, 7) is 6.39. The molecule has 0 saturated carbocycles. The molecule has 3 aromatic heterocycles. The molecule has 0 aliphatic carbocycles. The molecule has 0 saturated heterocycles. The lowest BCUT2D eigenvalue weighted by molar-refractivity contribution is -0.121. The van der Waals surface area contributed by atoms with Crippen LogP contribution in [0.5, 0.6) is 23.1 Å². The van der Waals surface area contributed by atoms with Crippen LogP contribution in [-0.4, -0.2) is 59.5 Å². The maximum absolute atomic E-state index is 13.8. The summed E-state index contributed by atoms with van der Waals surface area (Å²) in [5.41, 5.74) is 1.65. The van der Waals surface area contributed by atoms with Gasteiger partial charge in [-0.05, 0) is 53.4 Å². The summed E-state index contributed by atoms with van der Waals surface area (Å²) in [7, 11) is -2.73. The molecule has 5 rings (SSSR count). The highest BCUT2D eigenvalue weighted by Gasteiger charge is 2.26. The summed E-state index contributed by atoms with van der Waals surface area (Å²) in [5.74, 6) is -0.129. The van der Waals surface area contributed by atoms with Gasteiger partial charge in [-0.3, -0.25) is 14.5 Å². The summed E-state index contributed by atoms with van der Waals surface area (Å²) >= 11 is 0. The number of methoxy groups -OCH3 is 1. The second-order valence-corrected chi connectivity index (χ2v) is 13.4. The van der Waals surface area contributed by atoms with Crippen LogP contribution in [0.15, 0.2) is 96.3 Å². The van der Waals surface area contributed by atoms with E-state index < -0.39 is 10.0 Å². The number of nitrogens with zero attached hydrogens (tertiary/aromatic N) is 5. The van der Waals surface area contributed by atoms with E-state index >= 15 is 0 Å². The lowest BCUT2D eigenvalue weighted by atomic mass is 9.87. The molecular formula is C35H37N7O6S. The summed E-state index contributed by atoms with van der Waals surface area (Å²) in [6.07, 6.45) is 5.24. The van der Waals surface area contributed by atoms with E-state index in [0.29, 0.717) is 18.7 Å². The van der Waals surface area contributed by atoms with Crippen molar-refractivity contribution >= 4 is 21.7 Å². The Morgan fingerprint density at radius 1 is 0.816 bits per heavy atom. The summed E-state index contributed by atoms with van der Waals surface area (Å²) in [5, 5.41) is 2.85. The molecule has 0 aliphatic heterocycles. The third-order valence-corrected chi connectivity index (χ3v) is 8.50. The number of hydrogen-bond donors (Lipinski definition) is 2. The van der Waals surface area contributed by atoms with Crippen molar-refractivity contribution in [2.45, 2.75) is 43.9 Å². The highest BCUT2D eigenvalue weighted by molar-refractivity contribution is 7.92. The molecule has 0 atom stereocenters. The Labute approximate surface area is 285 Å². The van der Waals surface area contributed by atoms with E-state index in [1.165, 1.54) is 31.6 Å². The largest absolute Gasteiger partial charge is 0.493 e. The molecule has 49 heavy (non-hydrogen) atoms. The molecule has 0 spiro atoms. The van der Waals surface area contributed by atoms with Crippen molar-refractivity contribution in [1.82, 2.24) is 30.2 Å². The minimum Gasteiger partial charge on any atom is -0.493 e.